The topological polar surface area (TPSA) is 52.1 Å². The van der Waals surface area contributed by atoms with Crippen molar-refractivity contribution in [1.82, 2.24) is 20.4 Å². The predicted molar refractivity (Wildman–Crippen MR) is 109 cm³/mol. The predicted octanol–water partition coefficient (Wildman–Crippen LogP) is 2.32. The molecule has 29 heavy (non-hydrogen) atoms. The fourth-order valence-corrected chi connectivity index (χ4v) is 3.00. The molecule has 1 aromatic carbocycles. The Morgan fingerprint density at radius 2 is 1.79 bits per heavy atom. The van der Waals surface area contributed by atoms with Gasteiger partial charge in [0.1, 0.15) is 5.75 Å². The number of guanidine groups is 1. The van der Waals surface area contributed by atoms with Crippen LogP contribution in [0.1, 0.15) is 19.4 Å². The van der Waals surface area contributed by atoms with Gasteiger partial charge in [-0.25, -0.2) is 4.99 Å². The van der Waals surface area contributed by atoms with E-state index in [-0.39, 0.29) is 5.75 Å². The number of nitrogens with zero attached hydrogens (tertiary/aromatic N) is 3. The van der Waals surface area contributed by atoms with Gasteiger partial charge in [0, 0.05) is 45.3 Å². The molecule has 1 atom stereocenters. The van der Waals surface area contributed by atoms with Gasteiger partial charge in [-0.05, 0) is 38.6 Å². The molecule has 0 aliphatic carbocycles. The standard InChI is InChI=1S/C20H32F3N5O/c1-4-24-19(25-13-16(2)28-11-9-27(3)10-12-28)26-14-17-5-7-18(8-6-17)29-15-20(21,22)23/h5-8,16H,4,9-15H2,1-3H3,(H2,24,25,26). The molecule has 0 bridgehead atoms. The summed E-state index contributed by atoms with van der Waals surface area (Å²) in [6, 6.07) is 6.92. The first-order valence-corrected chi connectivity index (χ1v) is 10.00. The van der Waals surface area contributed by atoms with Crippen LogP contribution in [-0.2, 0) is 6.54 Å². The van der Waals surface area contributed by atoms with E-state index in [1.165, 1.54) is 12.1 Å². The molecule has 0 aromatic heterocycles. The van der Waals surface area contributed by atoms with Crippen LogP contribution in [0.15, 0.2) is 29.3 Å². The Labute approximate surface area is 171 Å². The first kappa shape index (κ1) is 23.3. The van der Waals surface area contributed by atoms with E-state index in [0.29, 0.717) is 12.6 Å². The third-order valence-corrected chi connectivity index (χ3v) is 4.82. The third-order valence-electron chi connectivity index (χ3n) is 4.82. The highest BCUT2D eigenvalue weighted by Crippen LogP contribution is 2.19. The van der Waals surface area contributed by atoms with Crippen molar-refractivity contribution in [3.63, 3.8) is 0 Å². The Kier molecular flexibility index (Phi) is 9.03. The van der Waals surface area contributed by atoms with Crippen LogP contribution in [0.25, 0.3) is 0 Å². The number of rotatable bonds is 8. The lowest BCUT2D eigenvalue weighted by molar-refractivity contribution is -0.153. The molecular weight excluding hydrogens is 383 g/mol. The first-order chi connectivity index (χ1) is 13.8. The quantitative estimate of drug-likeness (QED) is 0.504. The molecule has 2 rings (SSSR count). The van der Waals surface area contributed by atoms with Crippen molar-refractivity contribution in [1.29, 1.82) is 0 Å². The van der Waals surface area contributed by atoms with Gasteiger partial charge in [0.25, 0.3) is 0 Å². The van der Waals surface area contributed by atoms with Crippen LogP contribution in [0.4, 0.5) is 13.2 Å². The Balaban J connectivity index is 1.83. The van der Waals surface area contributed by atoms with Gasteiger partial charge in [-0.3, -0.25) is 4.90 Å². The molecule has 2 N–H and O–H groups in total. The molecule has 1 unspecified atom stereocenters. The monoisotopic (exact) mass is 415 g/mol. The number of aliphatic imine (C=N–C) groups is 1. The van der Waals surface area contributed by atoms with Crippen molar-refractivity contribution in [3.8, 4) is 5.75 Å². The number of hydrogen-bond acceptors (Lipinski definition) is 4. The molecule has 1 aromatic rings. The summed E-state index contributed by atoms with van der Waals surface area (Å²) in [7, 11) is 2.14. The van der Waals surface area contributed by atoms with Gasteiger partial charge in [0.15, 0.2) is 12.6 Å². The molecule has 1 saturated heterocycles. The van der Waals surface area contributed by atoms with Gasteiger partial charge >= 0.3 is 6.18 Å². The van der Waals surface area contributed by atoms with Crippen molar-refractivity contribution in [2.24, 2.45) is 4.99 Å². The second-order valence-corrected chi connectivity index (χ2v) is 7.31. The van der Waals surface area contributed by atoms with Crippen molar-refractivity contribution >= 4 is 5.96 Å². The zero-order chi connectivity index (χ0) is 21.3. The zero-order valence-electron chi connectivity index (χ0n) is 17.4. The summed E-state index contributed by atoms with van der Waals surface area (Å²) in [4.78, 5) is 9.38. The lowest BCUT2D eigenvalue weighted by Gasteiger charge is -2.36. The number of hydrogen-bond donors (Lipinski definition) is 2. The number of ether oxygens (including phenoxy) is 1. The van der Waals surface area contributed by atoms with E-state index in [2.05, 4.69) is 39.4 Å². The van der Waals surface area contributed by atoms with Gasteiger partial charge in [-0.1, -0.05) is 12.1 Å². The largest absolute Gasteiger partial charge is 0.484 e. The van der Waals surface area contributed by atoms with Crippen LogP contribution in [0.5, 0.6) is 5.75 Å². The lowest BCUT2D eigenvalue weighted by atomic mass is 10.2. The maximum Gasteiger partial charge on any atom is 0.422 e. The molecule has 1 aliphatic heterocycles. The van der Waals surface area contributed by atoms with Crippen LogP contribution in [0.2, 0.25) is 0 Å². The minimum absolute atomic E-state index is 0.195. The zero-order valence-corrected chi connectivity index (χ0v) is 17.4. The van der Waals surface area contributed by atoms with Crippen molar-refractivity contribution in [2.75, 3.05) is 52.9 Å². The molecular formula is C20H32F3N5O. The number of piperazine rings is 1. The van der Waals surface area contributed by atoms with E-state index >= 15 is 0 Å². The highest BCUT2D eigenvalue weighted by atomic mass is 19.4. The minimum Gasteiger partial charge on any atom is -0.484 e. The van der Waals surface area contributed by atoms with E-state index in [4.69, 9.17) is 4.74 Å². The highest BCUT2D eigenvalue weighted by molar-refractivity contribution is 5.79. The number of benzene rings is 1. The van der Waals surface area contributed by atoms with Gasteiger partial charge in [0.05, 0.1) is 6.54 Å². The minimum atomic E-state index is -4.34. The molecule has 0 radical (unpaired) electrons. The normalized spacial score (nSPS) is 17.8. The number of halogens is 3. The van der Waals surface area contributed by atoms with E-state index in [0.717, 1.165) is 50.8 Å². The number of nitrogens with one attached hydrogen (secondary N) is 2. The summed E-state index contributed by atoms with van der Waals surface area (Å²) in [5.74, 6) is 0.923. The van der Waals surface area contributed by atoms with Crippen molar-refractivity contribution in [3.05, 3.63) is 29.8 Å². The summed E-state index contributed by atoms with van der Waals surface area (Å²) >= 11 is 0. The first-order valence-electron chi connectivity index (χ1n) is 10.00. The summed E-state index contributed by atoms with van der Waals surface area (Å²) in [5.41, 5.74) is 0.897. The van der Waals surface area contributed by atoms with E-state index in [9.17, 15) is 13.2 Å². The molecule has 1 heterocycles. The molecule has 0 saturated carbocycles. The van der Waals surface area contributed by atoms with Crippen molar-refractivity contribution < 1.29 is 17.9 Å². The van der Waals surface area contributed by atoms with Gasteiger partial charge in [0.2, 0.25) is 0 Å². The maximum atomic E-state index is 12.2. The van der Waals surface area contributed by atoms with Gasteiger partial charge < -0.3 is 20.3 Å². The molecule has 0 spiro atoms. The summed E-state index contributed by atoms with van der Waals surface area (Å²) in [6.45, 7) is 9.20. The second kappa shape index (κ2) is 11.3. The van der Waals surface area contributed by atoms with E-state index in [1.54, 1.807) is 12.1 Å². The van der Waals surface area contributed by atoms with Gasteiger partial charge in [-0.2, -0.15) is 13.2 Å². The highest BCUT2D eigenvalue weighted by Gasteiger charge is 2.28. The number of likely N-dealkylation sites (N-methyl/N-ethyl adjacent to an activating group) is 1. The molecule has 1 aliphatic rings. The lowest BCUT2D eigenvalue weighted by Crippen LogP contribution is -2.52. The van der Waals surface area contributed by atoms with E-state index in [1.807, 2.05) is 6.92 Å². The smallest absolute Gasteiger partial charge is 0.422 e. The maximum absolute atomic E-state index is 12.2. The average Bonchev–Trinajstić information content (AvgIpc) is 2.69. The van der Waals surface area contributed by atoms with E-state index < -0.39 is 12.8 Å². The fourth-order valence-electron chi connectivity index (χ4n) is 3.00. The summed E-state index contributed by atoms with van der Waals surface area (Å²) < 4.78 is 41.3. The second-order valence-electron chi connectivity index (χ2n) is 7.31. The van der Waals surface area contributed by atoms with Gasteiger partial charge in [-0.15, -0.1) is 0 Å². The summed E-state index contributed by atoms with van der Waals surface area (Å²) in [6.07, 6.45) is -4.34. The Hall–Kier alpha value is -2.00. The molecule has 9 heteroatoms. The molecule has 6 nitrogen and oxygen atoms in total. The Morgan fingerprint density at radius 3 is 2.38 bits per heavy atom. The van der Waals surface area contributed by atoms with Crippen LogP contribution in [0.3, 0.4) is 0 Å². The molecule has 164 valence electrons. The number of alkyl halides is 3. The van der Waals surface area contributed by atoms with Crippen LogP contribution >= 0.6 is 0 Å². The van der Waals surface area contributed by atoms with Crippen LogP contribution in [0, 0.1) is 0 Å². The third kappa shape index (κ3) is 8.91. The van der Waals surface area contributed by atoms with Crippen molar-refractivity contribution in [2.45, 2.75) is 32.6 Å². The fraction of sp³-hybridized carbons (Fsp3) is 0.650. The SMILES string of the molecule is CCNC(=NCc1ccc(OCC(F)(F)F)cc1)NCC(C)N1CCN(C)CC1. The Bertz CT molecular complexity index is 628. The average molecular weight is 416 g/mol. The van der Waals surface area contributed by atoms with Crippen LogP contribution in [-0.4, -0.2) is 80.9 Å². The summed E-state index contributed by atoms with van der Waals surface area (Å²) in [5, 5.41) is 6.61. The Morgan fingerprint density at radius 1 is 1.14 bits per heavy atom. The van der Waals surface area contributed by atoms with Crippen LogP contribution < -0.4 is 15.4 Å². The molecule has 0 amide bonds. The molecule has 1 fully saturated rings.